The minimum atomic E-state index is -4.61. The lowest BCUT2D eigenvalue weighted by Crippen LogP contribution is -2.53. The molecule has 1 aliphatic rings. The molecule has 10 heteroatoms. The van der Waals surface area contributed by atoms with Gasteiger partial charge in [0.2, 0.25) is 10.0 Å². The van der Waals surface area contributed by atoms with E-state index in [0.29, 0.717) is 12.6 Å². The fourth-order valence-corrected chi connectivity index (χ4v) is 3.85. The molecule has 0 atom stereocenters. The van der Waals surface area contributed by atoms with Gasteiger partial charge in [-0.25, -0.2) is 13.2 Å². The van der Waals surface area contributed by atoms with Crippen LogP contribution in [0.5, 0.6) is 0 Å². The number of amides is 2. The van der Waals surface area contributed by atoms with Gasteiger partial charge < -0.3 is 10.2 Å². The number of carbonyl (C=O) groups excluding carboxylic acids is 1. The summed E-state index contributed by atoms with van der Waals surface area (Å²) in [4.78, 5) is 12.8. The highest BCUT2D eigenvalue weighted by molar-refractivity contribution is 7.89. The molecule has 1 saturated heterocycles. The third kappa shape index (κ3) is 3.99. The van der Waals surface area contributed by atoms with E-state index < -0.39 is 26.7 Å². The van der Waals surface area contributed by atoms with E-state index in [1.54, 1.807) is 6.92 Å². The topological polar surface area (TPSA) is 69.7 Å². The first-order chi connectivity index (χ1) is 11.2. The maximum Gasteiger partial charge on any atom is 0.416 e. The summed E-state index contributed by atoms with van der Waals surface area (Å²) < 4.78 is 64.4. The molecule has 0 radical (unpaired) electrons. The summed E-state index contributed by atoms with van der Waals surface area (Å²) in [5.74, 6) is 0. The van der Waals surface area contributed by atoms with E-state index in [1.165, 1.54) is 4.90 Å². The summed E-state index contributed by atoms with van der Waals surface area (Å²) in [5, 5.41) is 2.62. The van der Waals surface area contributed by atoms with Gasteiger partial charge in [0.05, 0.1) is 10.5 Å². The van der Waals surface area contributed by atoms with Crippen LogP contribution in [0.3, 0.4) is 0 Å². The van der Waals surface area contributed by atoms with Crippen LogP contribution in [0.1, 0.15) is 12.5 Å². The van der Waals surface area contributed by atoms with Crippen LogP contribution < -0.4 is 5.32 Å². The highest BCUT2D eigenvalue weighted by Crippen LogP contribution is 2.31. The molecular formula is C14H18F3N3O3S. The van der Waals surface area contributed by atoms with E-state index in [2.05, 4.69) is 5.32 Å². The Hall–Kier alpha value is -1.81. The Morgan fingerprint density at radius 3 is 2.38 bits per heavy atom. The Labute approximate surface area is 138 Å². The van der Waals surface area contributed by atoms with Crippen LogP contribution in [0.4, 0.5) is 18.0 Å². The molecule has 0 aliphatic carbocycles. The first-order valence-electron chi connectivity index (χ1n) is 7.36. The number of benzene rings is 1. The zero-order valence-corrected chi connectivity index (χ0v) is 13.8. The van der Waals surface area contributed by atoms with Crippen molar-refractivity contribution in [1.82, 2.24) is 14.5 Å². The van der Waals surface area contributed by atoms with Crippen LogP contribution >= 0.6 is 0 Å². The third-order valence-electron chi connectivity index (χ3n) is 3.65. The van der Waals surface area contributed by atoms with Crippen molar-refractivity contribution in [2.24, 2.45) is 0 Å². The molecule has 0 saturated carbocycles. The second kappa shape index (κ2) is 6.98. The van der Waals surface area contributed by atoms with Gasteiger partial charge in [-0.2, -0.15) is 17.5 Å². The van der Waals surface area contributed by atoms with Crippen molar-refractivity contribution in [2.45, 2.75) is 18.0 Å². The van der Waals surface area contributed by atoms with Crippen LogP contribution in [0.2, 0.25) is 0 Å². The van der Waals surface area contributed by atoms with E-state index in [9.17, 15) is 26.4 Å². The number of halogens is 3. The summed E-state index contributed by atoms with van der Waals surface area (Å²) >= 11 is 0. The number of nitrogens with one attached hydrogen (secondary N) is 1. The van der Waals surface area contributed by atoms with Crippen molar-refractivity contribution in [2.75, 3.05) is 32.7 Å². The van der Waals surface area contributed by atoms with Crippen LogP contribution in [-0.2, 0) is 16.2 Å². The van der Waals surface area contributed by atoms with Gasteiger partial charge >= 0.3 is 12.2 Å². The molecular weight excluding hydrogens is 347 g/mol. The number of hydrogen-bond donors (Lipinski definition) is 1. The highest BCUT2D eigenvalue weighted by Gasteiger charge is 2.34. The van der Waals surface area contributed by atoms with Crippen molar-refractivity contribution in [3.63, 3.8) is 0 Å². The monoisotopic (exact) mass is 365 g/mol. The summed E-state index contributed by atoms with van der Waals surface area (Å²) in [6.07, 6.45) is -4.61. The molecule has 1 aromatic rings. The predicted octanol–water partition coefficient (Wildman–Crippen LogP) is 1.74. The molecule has 0 aromatic heterocycles. The van der Waals surface area contributed by atoms with Gasteiger partial charge in [0.15, 0.2) is 0 Å². The normalized spacial score (nSPS) is 16.9. The summed E-state index contributed by atoms with van der Waals surface area (Å²) in [5.41, 5.74) is -1.01. The average Bonchev–Trinajstić information content (AvgIpc) is 2.54. The Morgan fingerprint density at radius 1 is 1.21 bits per heavy atom. The maximum atomic E-state index is 12.8. The quantitative estimate of drug-likeness (QED) is 0.887. The number of nitrogens with zero attached hydrogens (tertiary/aromatic N) is 2. The fourth-order valence-electron chi connectivity index (χ4n) is 2.38. The first-order valence-corrected chi connectivity index (χ1v) is 8.80. The van der Waals surface area contributed by atoms with Gasteiger partial charge in [0.1, 0.15) is 0 Å². The molecule has 1 aromatic carbocycles. The van der Waals surface area contributed by atoms with E-state index >= 15 is 0 Å². The fraction of sp³-hybridized carbons (Fsp3) is 0.500. The number of urea groups is 1. The Morgan fingerprint density at radius 2 is 1.83 bits per heavy atom. The minimum absolute atomic E-state index is 0.0374. The molecule has 1 N–H and O–H groups in total. The van der Waals surface area contributed by atoms with Crippen LogP contribution in [0, 0.1) is 0 Å². The lowest BCUT2D eigenvalue weighted by molar-refractivity contribution is -0.137. The zero-order chi connectivity index (χ0) is 18.0. The molecule has 24 heavy (non-hydrogen) atoms. The molecule has 2 amide bonds. The van der Waals surface area contributed by atoms with Crippen molar-refractivity contribution < 1.29 is 26.4 Å². The average molecular weight is 365 g/mol. The van der Waals surface area contributed by atoms with Gasteiger partial charge in [-0.15, -0.1) is 0 Å². The standard InChI is InChI=1S/C14H18F3N3O3S/c1-2-18-13(21)19-6-8-20(9-7-19)24(22,23)12-5-3-4-11(10-12)14(15,16)17/h3-5,10H,2,6-9H2,1H3,(H,18,21). The summed E-state index contributed by atoms with van der Waals surface area (Å²) in [7, 11) is -4.03. The third-order valence-corrected chi connectivity index (χ3v) is 5.55. The highest BCUT2D eigenvalue weighted by atomic mass is 32.2. The second-order valence-corrected chi connectivity index (χ2v) is 7.19. The molecule has 1 aliphatic heterocycles. The number of piperazine rings is 1. The van der Waals surface area contributed by atoms with E-state index in [-0.39, 0.29) is 32.2 Å². The van der Waals surface area contributed by atoms with E-state index in [1.807, 2.05) is 0 Å². The molecule has 0 bridgehead atoms. The summed E-state index contributed by atoms with van der Waals surface area (Å²) in [6.45, 7) is 2.67. The number of sulfonamides is 1. The molecule has 1 heterocycles. The number of rotatable bonds is 3. The zero-order valence-electron chi connectivity index (χ0n) is 13.0. The van der Waals surface area contributed by atoms with Gasteiger partial charge in [0.25, 0.3) is 0 Å². The molecule has 0 spiro atoms. The summed E-state index contributed by atoms with van der Waals surface area (Å²) in [6, 6.07) is 3.38. The lowest BCUT2D eigenvalue weighted by Gasteiger charge is -2.34. The van der Waals surface area contributed by atoms with E-state index in [0.717, 1.165) is 22.5 Å². The van der Waals surface area contributed by atoms with Crippen molar-refractivity contribution >= 4 is 16.1 Å². The Bertz CT molecular complexity index is 699. The van der Waals surface area contributed by atoms with Gasteiger partial charge in [0, 0.05) is 32.7 Å². The number of alkyl halides is 3. The van der Waals surface area contributed by atoms with Crippen molar-refractivity contribution in [3.05, 3.63) is 29.8 Å². The predicted molar refractivity (Wildman–Crippen MR) is 80.8 cm³/mol. The second-order valence-electron chi connectivity index (χ2n) is 5.25. The Kier molecular flexibility index (Phi) is 5.38. The molecule has 134 valence electrons. The van der Waals surface area contributed by atoms with Gasteiger partial charge in [-0.3, -0.25) is 0 Å². The van der Waals surface area contributed by atoms with Crippen LogP contribution in [0.25, 0.3) is 0 Å². The molecule has 2 rings (SSSR count). The SMILES string of the molecule is CCNC(=O)N1CCN(S(=O)(=O)c2cccc(C(F)(F)F)c2)CC1. The van der Waals surface area contributed by atoms with Gasteiger partial charge in [-0.1, -0.05) is 6.07 Å². The van der Waals surface area contributed by atoms with Crippen molar-refractivity contribution in [1.29, 1.82) is 0 Å². The Balaban J connectivity index is 2.14. The smallest absolute Gasteiger partial charge is 0.338 e. The van der Waals surface area contributed by atoms with E-state index in [4.69, 9.17) is 0 Å². The number of carbonyl (C=O) groups is 1. The first kappa shape index (κ1) is 18.5. The van der Waals surface area contributed by atoms with Crippen LogP contribution in [0.15, 0.2) is 29.2 Å². The molecule has 0 unspecified atom stereocenters. The molecule has 6 nitrogen and oxygen atoms in total. The lowest BCUT2D eigenvalue weighted by atomic mass is 10.2. The van der Waals surface area contributed by atoms with Crippen molar-refractivity contribution in [3.8, 4) is 0 Å². The maximum absolute atomic E-state index is 12.8. The largest absolute Gasteiger partial charge is 0.416 e. The van der Waals surface area contributed by atoms with Crippen LogP contribution in [-0.4, -0.2) is 56.4 Å². The molecule has 1 fully saturated rings. The van der Waals surface area contributed by atoms with Gasteiger partial charge in [-0.05, 0) is 25.1 Å². The number of hydrogen-bond acceptors (Lipinski definition) is 3. The minimum Gasteiger partial charge on any atom is -0.338 e.